The first-order chi connectivity index (χ1) is 9.81. The minimum Gasteiger partial charge on any atom is -0.300 e. The van der Waals surface area contributed by atoms with Crippen LogP contribution >= 0.6 is 0 Å². The number of Topliss-reactive ketones (excluding diaryl/α,β-unsaturated/α-hetero) is 1. The second kappa shape index (κ2) is 6.53. The molecule has 2 fully saturated rings. The molecule has 0 atom stereocenters. The maximum atomic E-state index is 11.3. The molecule has 0 spiro atoms. The molecule has 2 nitrogen and oxygen atoms in total. The van der Waals surface area contributed by atoms with Crippen molar-refractivity contribution in [1.29, 1.82) is 0 Å². The zero-order chi connectivity index (χ0) is 13.8. The van der Waals surface area contributed by atoms with Crippen molar-refractivity contribution >= 4 is 5.78 Å². The Hall–Kier alpha value is -1.15. The first-order valence-electron chi connectivity index (χ1n) is 8.11. The van der Waals surface area contributed by atoms with Gasteiger partial charge in [0, 0.05) is 18.9 Å². The van der Waals surface area contributed by atoms with Gasteiger partial charge in [0.25, 0.3) is 0 Å². The van der Waals surface area contributed by atoms with Gasteiger partial charge in [-0.05, 0) is 56.7 Å². The molecule has 1 aromatic carbocycles. The molecule has 0 unspecified atom stereocenters. The first kappa shape index (κ1) is 13.8. The molecule has 108 valence electrons. The Bertz CT molecular complexity index is 424. The standard InChI is InChI=1S/C18H25NO/c20-18-8-6-17(7-9-18)19-12-10-16(11-13-19)14-15-4-2-1-3-5-15/h1-5,16-17H,6-14H2. The SMILES string of the molecule is O=C1CCC(N2CCC(Cc3ccccc3)CC2)CC1. The van der Waals surface area contributed by atoms with Crippen molar-refractivity contribution in [2.24, 2.45) is 5.92 Å². The van der Waals surface area contributed by atoms with E-state index in [1.54, 1.807) is 0 Å². The summed E-state index contributed by atoms with van der Waals surface area (Å²) >= 11 is 0. The van der Waals surface area contributed by atoms with Crippen LogP contribution in [0.1, 0.15) is 44.1 Å². The van der Waals surface area contributed by atoms with Gasteiger partial charge in [0.1, 0.15) is 5.78 Å². The number of hydrogen-bond acceptors (Lipinski definition) is 2. The van der Waals surface area contributed by atoms with Crippen molar-refractivity contribution in [1.82, 2.24) is 4.90 Å². The lowest BCUT2D eigenvalue weighted by molar-refractivity contribution is -0.121. The van der Waals surface area contributed by atoms with E-state index in [1.807, 2.05) is 0 Å². The molecule has 0 bridgehead atoms. The van der Waals surface area contributed by atoms with E-state index in [0.717, 1.165) is 31.6 Å². The van der Waals surface area contributed by atoms with Gasteiger partial charge < -0.3 is 4.90 Å². The zero-order valence-corrected chi connectivity index (χ0v) is 12.3. The molecule has 3 rings (SSSR count). The first-order valence-corrected chi connectivity index (χ1v) is 8.11. The fourth-order valence-corrected chi connectivity index (χ4v) is 3.76. The molecular formula is C18H25NO. The van der Waals surface area contributed by atoms with Gasteiger partial charge in [0.15, 0.2) is 0 Å². The van der Waals surface area contributed by atoms with Crippen molar-refractivity contribution < 1.29 is 4.79 Å². The van der Waals surface area contributed by atoms with E-state index in [9.17, 15) is 4.79 Å². The zero-order valence-electron chi connectivity index (χ0n) is 12.3. The van der Waals surface area contributed by atoms with Gasteiger partial charge in [-0.2, -0.15) is 0 Å². The molecule has 2 aliphatic rings. The molecule has 2 heteroatoms. The van der Waals surface area contributed by atoms with Crippen LogP contribution in [0.5, 0.6) is 0 Å². The highest BCUT2D eigenvalue weighted by Crippen LogP contribution is 2.27. The maximum Gasteiger partial charge on any atom is 0.133 e. The maximum absolute atomic E-state index is 11.3. The van der Waals surface area contributed by atoms with Gasteiger partial charge in [-0.3, -0.25) is 4.79 Å². The number of piperidine rings is 1. The van der Waals surface area contributed by atoms with Gasteiger partial charge in [-0.25, -0.2) is 0 Å². The lowest BCUT2D eigenvalue weighted by Gasteiger charge is -2.39. The third kappa shape index (κ3) is 3.49. The Balaban J connectivity index is 1.46. The summed E-state index contributed by atoms with van der Waals surface area (Å²) in [5, 5.41) is 0. The van der Waals surface area contributed by atoms with Gasteiger partial charge in [-0.15, -0.1) is 0 Å². The Morgan fingerprint density at radius 3 is 2.25 bits per heavy atom. The third-order valence-electron chi connectivity index (χ3n) is 5.05. The number of nitrogens with zero attached hydrogens (tertiary/aromatic N) is 1. The van der Waals surface area contributed by atoms with Crippen molar-refractivity contribution in [3.63, 3.8) is 0 Å². The molecule has 1 aromatic rings. The van der Waals surface area contributed by atoms with Crippen LogP contribution in [0.15, 0.2) is 30.3 Å². The number of carbonyl (C=O) groups excluding carboxylic acids is 1. The number of hydrogen-bond donors (Lipinski definition) is 0. The van der Waals surface area contributed by atoms with E-state index >= 15 is 0 Å². The monoisotopic (exact) mass is 271 g/mol. The highest BCUT2D eigenvalue weighted by molar-refractivity contribution is 5.79. The van der Waals surface area contributed by atoms with Crippen LogP contribution in [0.4, 0.5) is 0 Å². The fraction of sp³-hybridized carbons (Fsp3) is 0.611. The normalized spacial score (nSPS) is 23.1. The highest BCUT2D eigenvalue weighted by Gasteiger charge is 2.28. The number of ketones is 1. The summed E-state index contributed by atoms with van der Waals surface area (Å²) in [6.07, 6.45) is 7.70. The Labute approximate surface area is 122 Å². The summed E-state index contributed by atoms with van der Waals surface area (Å²) < 4.78 is 0. The molecular weight excluding hydrogens is 246 g/mol. The molecule has 1 saturated heterocycles. The molecule has 0 amide bonds. The largest absolute Gasteiger partial charge is 0.300 e. The highest BCUT2D eigenvalue weighted by atomic mass is 16.1. The molecule has 1 saturated carbocycles. The van der Waals surface area contributed by atoms with Crippen molar-refractivity contribution in [3.05, 3.63) is 35.9 Å². The van der Waals surface area contributed by atoms with Crippen molar-refractivity contribution in [2.45, 2.75) is 51.0 Å². The Kier molecular flexibility index (Phi) is 4.51. The van der Waals surface area contributed by atoms with E-state index in [2.05, 4.69) is 35.2 Å². The number of carbonyl (C=O) groups is 1. The molecule has 1 heterocycles. The topological polar surface area (TPSA) is 20.3 Å². The third-order valence-corrected chi connectivity index (χ3v) is 5.05. The number of benzene rings is 1. The van der Waals surface area contributed by atoms with Gasteiger partial charge in [0.2, 0.25) is 0 Å². The van der Waals surface area contributed by atoms with E-state index in [4.69, 9.17) is 0 Å². The van der Waals surface area contributed by atoms with Crippen molar-refractivity contribution in [2.75, 3.05) is 13.1 Å². The summed E-state index contributed by atoms with van der Waals surface area (Å²) in [4.78, 5) is 14.0. The van der Waals surface area contributed by atoms with Crippen LogP contribution in [-0.4, -0.2) is 29.8 Å². The van der Waals surface area contributed by atoms with E-state index in [-0.39, 0.29) is 0 Å². The van der Waals surface area contributed by atoms with Crippen LogP contribution in [0.25, 0.3) is 0 Å². The van der Waals surface area contributed by atoms with E-state index in [1.165, 1.54) is 37.9 Å². The minimum absolute atomic E-state index is 0.472. The summed E-state index contributed by atoms with van der Waals surface area (Å²) in [5.41, 5.74) is 1.48. The van der Waals surface area contributed by atoms with Crippen LogP contribution < -0.4 is 0 Å². The smallest absolute Gasteiger partial charge is 0.133 e. The van der Waals surface area contributed by atoms with Crippen LogP contribution in [0, 0.1) is 5.92 Å². The fourth-order valence-electron chi connectivity index (χ4n) is 3.76. The second-order valence-corrected chi connectivity index (χ2v) is 6.44. The van der Waals surface area contributed by atoms with Gasteiger partial charge in [-0.1, -0.05) is 30.3 Å². The summed E-state index contributed by atoms with van der Waals surface area (Å²) in [6.45, 7) is 2.46. The molecule has 0 N–H and O–H groups in total. The van der Waals surface area contributed by atoms with E-state index < -0.39 is 0 Å². The molecule has 20 heavy (non-hydrogen) atoms. The Morgan fingerprint density at radius 1 is 0.950 bits per heavy atom. The number of rotatable bonds is 3. The average Bonchev–Trinajstić information content (AvgIpc) is 2.50. The predicted octanol–water partition coefficient (Wildman–Crippen LogP) is 3.45. The average molecular weight is 271 g/mol. The quantitative estimate of drug-likeness (QED) is 0.839. The van der Waals surface area contributed by atoms with E-state index in [0.29, 0.717) is 11.8 Å². The number of likely N-dealkylation sites (tertiary alicyclic amines) is 1. The molecule has 1 aliphatic heterocycles. The molecule has 0 aromatic heterocycles. The van der Waals surface area contributed by atoms with Crippen molar-refractivity contribution in [3.8, 4) is 0 Å². The van der Waals surface area contributed by atoms with Crippen LogP contribution in [0.3, 0.4) is 0 Å². The van der Waals surface area contributed by atoms with Crippen LogP contribution in [-0.2, 0) is 11.2 Å². The molecule has 0 radical (unpaired) electrons. The Morgan fingerprint density at radius 2 is 1.60 bits per heavy atom. The second-order valence-electron chi connectivity index (χ2n) is 6.44. The predicted molar refractivity (Wildman–Crippen MR) is 81.7 cm³/mol. The minimum atomic E-state index is 0.472. The summed E-state index contributed by atoms with van der Waals surface area (Å²) in [6, 6.07) is 11.6. The molecule has 1 aliphatic carbocycles. The van der Waals surface area contributed by atoms with Crippen LogP contribution in [0.2, 0.25) is 0 Å². The summed E-state index contributed by atoms with van der Waals surface area (Å²) in [5.74, 6) is 1.32. The van der Waals surface area contributed by atoms with Gasteiger partial charge in [0.05, 0.1) is 0 Å². The van der Waals surface area contributed by atoms with Gasteiger partial charge >= 0.3 is 0 Å². The lowest BCUT2D eigenvalue weighted by Crippen LogP contribution is -2.43. The lowest BCUT2D eigenvalue weighted by atomic mass is 9.87. The summed E-state index contributed by atoms with van der Waals surface area (Å²) in [7, 11) is 0.